The van der Waals surface area contributed by atoms with Gasteiger partial charge in [0.05, 0.1) is 18.8 Å². The zero-order chi connectivity index (χ0) is 20.1. The summed E-state index contributed by atoms with van der Waals surface area (Å²) in [5, 5.41) is 3.68. The third-order valence-electron chi connectivity index (χ3n) is 7.03. The number of hydrogen-bond donors (Lipinski definition) is 1. The molecule has 7 heteroatoms. The first-order valence-electron chi connectivity index (χ1n) is 11.1. The van der Waals surface area contributed by atoms with Gasteiger partial charge in [0, 0.05) is 53.5 Å². The van der Waals surface area contributed by atoms with Crippen molar-refractivity contribution < 1.29 is 9.47 Å². The van der Waals surface area contributed by atoms with Crippen LogP contribution in [0.25, 0.3) is 0 Å². The fourth-order valence-corrected chi connectivity index (χ4v) is 5.05. The standard InChI is InChI=1S/C23H36N4O2.HI/c1-24-22(25-18-23(9-6-10-23)11-13-28-2)27-16-20-21(17-27)29-14-12-26(20)15-19-7-4-3-5-8-19;/h3-5,7-8,20-21H,6,9-18H2,1-2H3,(H,24,25);1H. The highest BCUT2D eigenvalue weighted by molar-refractivity contribution is 14.0. The van der Waals surface area contributed by atoms with Gasteiger partial charge in [0.25, 0.3) is 0 Å². The van der Waals surface area contributed by atoms with Crippen LogP contribution in [0.4, 0.5) is 0 Å². The number of likely N-dealkylation sites (tertiary alicyclic amines) is 1. The number of halogens is 1. The van der Waals surface area contributed by atoms with E-state index >= 15 is 0 Å². The summed E-state index contributed by atoms with van der Waals surface area (Å²) in [6.45, 7) is 6.53. The molecule has 0 bridgehead atoms. The predicted octanol–water partition coefficient (Wildman–Crippen LogP) is 2.97. The molecule has 0 spiro atoms. The van der Waals surface area contributed by atoms with Gasteiger partial charge in [-0.3, -0.25) is 9.89 Å². The van der Waals surface area contributed by atoms with Crippen molar-refractivity contribution in [2.75, 3.05) is 53.6 Å². The molecule has 1 aliphatic carbocycles. The quantitative estimate of drug-likeness (QED) is 0.335. The number of methoxy groups -OCH3 is 1. The van der Waals surface area contributed by atoms with Crippen LogP contribution in [-0.2, 0) is 16.0 Å². The van der Waals surface area contributed by atoms with Crippen molar-refractivity contribution >= 4 is 29.9 Å². The molecule has 0 radical (unpaired) electrons. The predicted molar refractivity (Wildman–Crippen MR) is 132 cm³/mol. The molecular weight excluding hydrogens is 491 g/mol. The normalized spacial score (nSPS) is 25.9. The van der Waals surface area contributed by atoms with Crippen LogP contribution in [0.1, 0.15) is 31.2 Å². The van der Waals surface area contributed by atoms with Crippen LogP contribution in [0.2, 0.25) is 0 Å². The zero-order valence-electron chi connectivity index (χ0n) is 18.4. The number of benzene rings is 1. The molecule has 3 fully saturated rings. The maximum absolute atomic E-state index is 6.14. The smallest absolute Gasteiger partial charge is 0.193 e. The van der Waals surface area contributed by atoms with E-state index in [0.29, 0.717) is 11.5 Å². The summed E-state index contributed by atoms with van der Waals surface area (Å²) in [6.07, 6.45) is 5.31. The van der Waals surface area contributed by atoms with Gasteiger partial charge in [0.1, 0.15) is 0 Å². The van der Waals surface area contributed by atoms with E-state index in [2.05, 4.69) is 50.4 Å². The lowest BCUT2D eigenvalue weighted by molar-refractivity contribution is -0.0502. The van der Waals surface area contributed by atoms with E-state index in [-0.39, 0.29) is 30.1 Å². The molecule has 1 aromatic carbocycles. The SMILES string of the molecule is CN=C(NCC1(CCOC)CCC1)N1CC2OCCN(Cc3ccccc3)C2C1.I. The summed E-state index contributed by atoms with van der Waals surface area (Å²) in [7, 11) is 3.70. The highest BCUT2D eigenvalue weighted by atomic mass is 127. The van der Waals surface area contributed by atoms with Gasteiger partial charge in [-0.2, -0.15) is 0 Å². The third-order valence-corrected chi connectivity index (χ3v) is 7.03. The average Bonchev–Trinajstić information content (AvgIpc) is 3.15. The lowest BCUT2D eigenvalue weighted by Crippen LogP contribution is -2.50. The Balaban J connectivity index is 0.00000256. The fraction of sp³-hybridized carbons (Fsp3) is 0.696. The fourth-order valence-electron chi connectivity index (χ4n) is 5.05. The van der Waals surface area contributed by atoms with Gasteiger partial charge in [0.2, 0.25) is 0 Å². The second-order valence-electron chi connectivity index (χ2n) is 8.83. The molecule has 1 saturated carbocycles. The van der Waals surface area contributed by atoms with E-state index < -0.39 is 0 Å². The Morgan fingerprint density at radius 1 is 1.27 bits per heavy atom. The van der Waals surface area contributed by atoms with E-state index in [1.807, 2.05) is 7.05 Å². The number of nitrogens with one attached hydrogen (secondary N) is 1. The second-order valence-corrected chi connectivity index (χ2v) is 8.83. The molecule has 6 nitrogen and oxygen atoms in total. The van der Waals surface area contributed by atoms with Gasteiger partial charge >= 0.3 is 0 Å². The summed E-state index contributed by atoms with van der Waals surface area (Å²) in [6, 6.07) is 11.2. The lowest BCUT2D eigenvalue weighted by atomic mass is 9.67. The van der Waals surface area contributed by atoms with Gasteiger partial charge in [-0.15, -0.1) is 24.0 Å². The van der Waals surface area contributed by atoms with Crippen molar-refractivity contribution in [3.63, 3.8) is 0 Å². The molecule has 2 atom stereocenters. The van der Waals surface area contributed by atoms with Crippen molar-refractivity contribution in [2.24, 2.45) is 10.4 Å². The van der Waals surface area contributed by atoms with Crippen LogP contribution in [0, 0.1) is 5.41 Å². The van der Waals surface area contributed by atoms with E-state index in [0.717, 1.165) is 58.3 Å². The first-order valence-corrected chi connectivity index (χ1v) is 11.1. The van der Waals surface area contributed by atoms with Crippen LogP contribution in [-0.4, -0.2) is 81.5 Å². The number of aliphatic imine (C=N–C) groups is 1. The van der Waals surface area contributed by atoms with Crippen molar-refractivity contribution in [1.29, 1.82) is 0 Å². The Morgan fingerprint density at radius 3 is 2.73 bits per heavy atom. The van der Waals surface area contributed by atoms with Crippen LogP contribution >= 0.6 is 24.0 Å². The Bertz CT molecular complexity index is 683. The summed E-state index contributed by atoms with van der Waals surface area (Å²) in [5.41, 5.74) is 1.76. The molecule has 2 aliphatic heterocycles. The van der Waals surface area contributed by atoms with E-state index in [4.69, 9.17) is 9.47 Å². The first kappa shape index (κ1) is 23.8. The van der Waals surface area contributed by atoms with Crippen molar-refractivity contribution in [3.05, 3.63) is 35.9 Å². The van der Waals surface area contributed by atoms with Crippen molar-refractivity contribution in [3.8, 4) is 0 Å². The lowest BCUT2D eigenvalue weighted by Gasteiger charge is -2.42. The number of guanidine groups is 1. The summed E-state index contributed by atoms with van der Waals surface area (Å²) >= 11 is 0. The average molecular weight is 528 g/mol. The Hall–Kier alpha value is -0.900. The number of nitrogens with zero attached hydrogens (tertiary/aromatic N) is 3. The molecule has 4 rings (SSSR count). The molecule has 168 valence electrons. The molecule has 3 aliphatic rings. The Labute approximate surface area is 198 Å². The first-order chi connectivity index (χ1) is 14.2. The second kappa shape index (κ2) is 11.1. The molecule has 0 aromatic heterocycles. The number of rotatable bonds is 7. The van der Waals surface area contributed by atoms with Crippen LogP contribution in [0.15, 0.2) is 35.3 Å². The Kier molecular flexibility index (Phi) is 8.80. The maximum Gasteiger partial charge on any atom is 0.193 e. The summed E-state index contributed by atoms with van der Waals surface area (Å²) in [4.78, 5) is 9.58. The van der Waals surface area contributed by atoms with Crippen LogP contribution in [0.3, 0.4) is 0 Å². The molecule has 2 heterocycles. The van der Waals surface area contributed by atoms with Crippen molar-refractivity contribution in [1.82, 2.24) is 15.1 Å². The van der Waals surface area contributed by atoms with E-state index in [1.165, 1.54) is 24.8 Å². The molecule has 1 aromatic rings. The van der Waals surface area contributed by atoms with Crippen LogP contribution in [0.5, 0.6) is 0 Å². The maximum atomic E-state index is 6.14. The molecule has 30 heavy (non-hydrogen) atoms. The highest BCUT2D eigenvalue weighted by Gasteiger charge is 2.42. The summed E-state index contributed by atoms with van der Waals surface area (Å²) < 4.78 is 11.5. The number of morpholine rings is 1. The van der Waals surface area contributed by atoms with E-state index in [9.17, 15) is 0 Å². The third kappa shape index (κ3) is 5.47. The van der Waals surface area contributed by atoms with E-state index in [1.54, 1.807) is 7.11 Å². The van der Waals surface area contributed by atoms with Gasteiger partial charge in [0.15, 0.2) is 5.96 Å². The molecule has 2 saturated heterocycles. The molecular formula is C23H37IN4O2. The topological polar surface area (TPSA) is 49.3 Å². The minimum atomic E-state index is 0. The van der Waals surface area contributed by atoms with Crippen molar-refractivity contribution in [2.45, 2.75) is 44.4 Å². The number of ether oxygens (including phenoxy) is 2. The zero-order valence-corrected chi connectivity index (χ0v) is 20.7. The van der Waals surface area contributed by atoms with Gasteiger partial charge in [-0.25, -0.2) is 0 Å². The molecule has 1 N–H and O–H groups in total. The van der Waals surface area contributed by atoms with Gasteiger partial charge in [-0.05, 0) is 30.2 Å². The highest BCUT2D eigenvalue weighted by Crippen LogP contribution is 2.43. The minimum absolute atomic E-state index is 0. The van der Waals surface area contributed by atoms with Gasteiger partial charge < -0.3 is 19.7 Å². The number of fused-ring (bicyclic) bond motifs is 1. The Morgan fingerprint density at radius 2 is 2.07 bits per heavy atom. The summed E-state index contributed by atoms with van der Waals surface area (Å²) in [5.74, 6) is 1.02. The largest absolute Gasteiger partial charge is 0.385 e. The molecule has 0 amide bonds. The number of hydrogen-bond acceptors (Lipinski definition) is 4. The minimum Gasteiger partial charge on any atom is -0.385 e. The monoisotopic (exact) mass is 528 g/mol. The van der Waals surface area contributed by atoms with Gasteiger partial charge in [-0.1, -0.05) is 36.8 Å². The van der Waals surface area contributed by atoms with Crippen LogP contribution < -0.4 is 5.32 Å². The molecule has 2 unspecified atom stereocenters.